The highest BCUT2D eigenvalue weighted by Gasteiger charge is 2.49. The van der Waals surface area contributed by atoms with Crippen LogP contribution in [0.4, 0.5) is 5.69 Å². The van der Waals surface area contributed by atoms with Crippen LogP contribution in [-0.4, -0.2) is 34.2 Å². The molecule has 0 spiro atoms. The van der Waals surface area contributed by atoms with Gasteiger partial charge in [-0.2, -0.15) is 0 Å². The van der Waals surface area contributed by atoms with E-state index in [9.17, 15) is 4.79 Å². The van der Waals surface area contributed by atoms with Crippen LogP contribution in [0, 0.1) is 5.41 Å². The van der Waals surface area contributed by atoms with E-state index < -0.39 is 0 Å². The number of anilines is 1. The molecule has 0 bridgehead atoms. The molecule has 3 rings (SSSR count). The molecule has 0 aromatic carbocycles. The average molecular weight is 260 g/mol. The zero-order valence-corrected chi connectivity index (χ0v) is 10.8. The Bertz CT molecular complexity index is 603. The third kappa shape index (κ3) is 2.31. The highest BCUT2D eigenvalue weighted by molar-refractivity contribution is 5.97. The number of hydrogen-bond acceptors (Lipinski definition) is 4. The molecular formula is C13H16N4O2. The Morgan fingerprint density at radius 3 is 3.11 bits per heavy atom. The van der Waals surface area contributed by atoms with Crippen LogP contribution in [0.3, 0.4) is 0 Å². The molecule has 0 aliphatic heterocycles. The van der Waals surface area contributed by atoms with Crippen LogP contribution in [0.5, 0.6) is 0 Å². The van der Waals surface area contributed by atoms with Crippen LogP contribution >= 0.6 is 0 Å². The Kier molecular flexibility index (Phi) is 2.94. The number of nitrogens with zero attached hydrogens (tertiary/aromatic N) is 3. The summed E-state index contributed by atoms with van der Waals surface area (Å²) in [5, 5.41) is 10.7. The number of aromatic nitrogens is 3. The maximum absolute atomic E-state index is 12.3. The number of hydrogen-bond donors (Lipinski definition) is 1. The largest absolute Gasteiger partial charge is 0.385 e. The van der Waals surface area contributed by atoms with Crippen molar-refractivity contribution in [1.82, 2.24) is 14.6 Å². The van der Waals surface area contributed by atoms with Gasteiger partial charge in [0.05, 0.1) is 11.1 Å². The zero-order valence-electron chi connectivity index (χ0n) is 10.8. The van der Waals surface area contributed by atoms with Crippen molar-refractivity contribution in [3.63, 3.8) is 0 Å². The standard InChI is InChI=1S/C13H16N4O2/c1-19-7-6-13(4-5-13)12(18)15-10-2-3-11-16-14-9-17(11)8-10/h2-3,8-9H,4-7H2,1H3,(H,15,18). The minimum atomic E-state index is -0.224. The fourth-order valence-electron chi connectivity index (χ4n) is 2.20. The summed E-state index contributed by atoms with van der Waals surface area (Å²) in [4.78, 5) is 12.3. The van der Waals surface area contributed by atoms with Crippen LogP contribution in [0.1, 0.15) is 19.3 Å². The maximum atomic E-state index is 12.3. The molecule has 1 saturated carbocycles. The molecule has 2 heterocycles. The first-order chi connectivity index (χ1) is 9.23. The van der Waals surface area contributed by atoms with Gasteiger partial charge in [-0.3, -0.25) is 9.20 Å². The second-order valence-electron chi connectivity index (χ2n) is 4.99. The molecular weight excluding hydrogens is 244 g/mol. The van der Waals surface area contributed by atoms with Gasteiger partial charge in [-0.1, -0.05) is 0 Å². The van der Waals surface area contributed by atoms with E-state index in [0.29, 0.717) is 6.61 Å². The van der Waals surface area contributed by atoms with Gasteiger partial charge in [0.15, 0.2) is 5.65 Å². The Hall–Kier alpha value is -1.95. The molecule has 0 radical (unpaired) electrons. The number of ether oxygens (including phenoxy) is 1. The molecule has 0 unspecified atom stereocenters. The molecule has 0 atom stereocenters. The summed E-state index contributed by atoms with van der Waals surface area (Å²) in [7, 11) is 1.66. The van der Waals surface area contributed by atoms with Gasteiger partial charge in [0.25, 0.3) is 0 Å². The molecule has 0 saturated heterocycles. The van der Waals surface area contributed by atoms with E-state index in [-0.39, 0.29) is 11.3 Å². The monoisotopic (exact) mass is 260 g/mol. The molecule has 6 nitrogen and oxygen atoms in total. The minimum Gasteiger partial charge on any atom is -0.385 e. The molecule has 19 heavy (non-hydrogen) atoms. The third-order valence-corrected chi connectivity index (χ3v) is 3.67. The number of pyridine rings is 1. The van der Waals surface area contributed by atoms with Gasteiger partial charge < -0.3 is 10.1 Å². The third-order valence-electron chi connectivity index (χ3n) is 3.67. The molecule has 1 aliphatic carbocycles. The summed E-state index contributed by atoms with van der Waals surface area (Å²) in [6.45, 7) is 0.623. The van der Waals surface area contributed by atoms with E-state index in [2.05, 4.69) is 15.5 Å². The lowest BCUT2D eigenvalue weighted by Gasteiger charge is -2.14. The van der Waals surface area contributed by atoms with Crippen LogP contribution < -0.4 is 5.32 Å². The summed E-state index contributed by atoms with van der Waals surface area (Å²) in [5.41, 5.74) is 1.30. The summed E-state index contributed by atoms with van der Waals surface area (Å²) < 4.78 is 6.85. The van der Waals surface area contributed by atoms with Crippen LogP contribution in [-0.2, 0) is 9.53 Å². The summed E-state index contributed by atoms with van der Waals surface area (Å²) >= 11 is 0. The van der Waals surface area contributed by atoms with Crippen molar-refractivity contribution < 1.29 is 9.53 Å². The quantitative estimate of drug-likeness (QED) is 0.884. The zero-order chi connectivity index (χ0) is 13.3. The average Bonchev–Trinajstić information content (AvgIpc) is 3.07. The molecule has 1 aliphatic rings. The van der Waals surface area contributed by atoms with E-state index >= 15 is 0 Å². The minimum absolute atomic E-state index is 0.0805. The molecule has 1 amide bonds. The van der Waals surface area contributed by atoms with Gasteiger partial charge in [0.2, 0.25) is 5.91 Å². The van der Waals surface area contributed by atoms with Crippen molar-refractivity contribution in [2.75, 3.05) is 19.0 Å². The predicted molar refractivity (Wildman–Crippen MR) is 69.8 cm³/mol. The number of amides is 1. The van der Waals surface area contributed by atoms with Crippen molar-refractivity contribution >= 4 is 17.2 Å². The Morgan fingerprint density at radius 1 is 1.53 bits per heavy atom. The number of carbonyl (C=O) groups is 1. The number of carbonyl (C=O) groups excluding carboxylic acids is 1. The SMILES string of the molecule is COCCC1(C(=O)Nc2ccc3nncn3c2)CC1. The van der Waals surface area contributed by atoms with Crippen molar-refractivity contribution in [1.29, 1.82) is 0 Å². The molecule has 2 aromatic rings. The predicted octanol–water partition coefficient (Wildman–Crippen LogP) is 1.48. The fourth-order valence-corrected chi connectivity index (χ4v) is 2.20. The number of nitrogens with one attached hydrogen (secondary N) is 1. The maximum Gasteiger partial charge on any atom is 0.230 e. The highest BCUT2D eigenvalue weighted by Crippen LogP contribution is 2.49. The first-order valence-electron chi connectivity index (χ1n) is 6.33. The lowest BCUT2D eigenvalue weighted by Crippen LogP contribution is -2.25. The molecule has 2 aromatic heterocycles. The topological polar surface area (TPSA) is 68.5 Å². The summed E-state index contributed by atoms with van der Waals surface area (Å²) in [6.07, 6.45) is 6.10. The first kappa shape index (κ1) is 12.1. The second-order valence-corrected chi connectivity index (χ2v) is 4.99. The Labute approximate surface area is 110 Å². The van der Waals surface area contributed by atoms with Crippen LogP contribution in [0.25, 0.3) is 5.65 Å². The number of methoxy groups -OCH3 is 1. The second kappa shape index (κ2) is 4.62. The van der Waals surface area contributed by atoms with Gasteiger partial charge in [0, 0.05) is 19.9 Å². The Morgan fingerprint density at radius 2 is 2.37 bits per heavy atom. The lowest BCUT2D eigenvalue weighted by molar-refractivity contribution is -0.121. The molecule has 1 N–H and O–H groups in total. The summed E-state index contributed by atoms with van der Waals surface area (Å²) in [5.74, 6) is 0.0805. The van der Waals surface area contributed by atoms with Crippen molar-refractivity contribution in [3.05, 3.63) is 24.7 Å². The molecule has 1 fully saturated rings. The van der Waals surface area contributed by atoms with E-state index in [1.807, 2.05) is 18.3 Å². The normalized spacial score (nSPS) is 16.5. The van der Waals surface area contributed by atoms with E-state index in [1.54, 1.807) is 17.8 Å². The number of fused-ring (bicyclic) bond motifs is 1. The van der Waals surface area contributed by atoms with Crippen LogP contribution in [0.2, 0.25) is 0 Å². The lowest BCUT2D eigenvalue weighted by atomic mass is 10.0. The Balaban J connectivity index is 1.72. The van der Waals surface area contributed by atoms with Crippen molar-refractivity contribution in [2.45, 2.75) is 19.3 Å². The van der Waals surface area contributed by atoms with Gasteiger partial charge in [-0.15, -0.1) is 10.2 Å². The molecule has 100 valence electrons. The van der Waals surface area contributed by atoms with Gasteiger partial charge >= 0.3 is 0 Å². The fraction of sp³-hybridized carbons (Fsp3) is 0.462. The van der Waals surface area contributed by atoms with E-state index in [1.165, 1.54) is 0 Å². The van der Waals surface area contributed by atoms with Crippen LogP contribution in [0.15, 0.2) is 24.7 Å². The van der Waals surface area contributed by atoms with Gasteiger partial charge in [-0.05, 0) is 31.4 Å². The summed E-state index contributed by atoms with van der Waals surface area (Å²) in [6, 6.07) is 3.67. The van der Waals surface area contributed by atoms with Gasteiger partial charge in [-0.25, -0.2) is 0 Å². The van der Waals surface area contributed by atoms with Gasteiger partial charge in [0.1, 0.15) is 6.33 Å². The first-order valence-corrected chi connectivity index (χ1v) is 6.33. The number of rotatable bonds is 5. The van der Waals surface area contributed by atoms with E-state index in [0.717, 1.165) is 30.6 Å². The highest BCUT2D eigenvalue weighted by atomic mass is 16.5. The molecule has 6 heteroatoms. The van der Waals surface area contributed by atoms with E-state index in [4.69, 9.17) is 4.74 Å². The van der Waals surface area contributed by atoms with Crippen molar-refractivity contribution in [3.8, 4) is 0 Å². The smallest absolute Gasteiger partial charge is 0.230 e. The van der Waals surface area contributed by atoms with Crippen molar-refractivity contribution in [2.24, 2.45) is 5.41 Å².